The molecule has 0 aliphatic rings. The number of nitrogens with one attached hydrogen (secondary N) is 2. The van der Waals surface area contributed by atoms with Crippen LogP contribution in [-0.2, 0) is 0 Å². The molecule has 1 aromatic carbocycles. The van der Waals surface area contributed by atoms with E-state index in [1.54, 1.807) is 18.2 Å². The molecule has 0 atom stereocenters. The molecule has 0 spiro atoms. The summed E-state index contributed by atoms with van der Waals surface area (Å²) in [6.07, 6.45) is 1.32. The Labute approximate surface area is 109 Å². The minimum absolute atomic E-state index is 0.0441. The molecule has 2 N–H and O–H groups in total. The van der Waals surface area contributed by atoms with E-state index in [1.807, 2.05) is 0 Å². The maximum absolute atomic E-state index is 12.0. The van der Waals surface area contributed by atoms with Crippen LogP contribution in [0.1, 0.15) is 37.0 Å². The van der Waals surface area contributed by atoms with E-state index in [0.29, 0.717) is 28.9 Å². The lowest BCUT2D eigenvalue weighted by molar-refractivity contribution is 0.0975. The molecule has 0 saturated heterocycles. The third-order valence-electron chi connectivity index (χ3n) is 2.99. The molecular formula is C14H16N2O3. The Hall–Kier alpha value is -2.17. The maximum atomic E-state index is 12.0. The number of benzene rings is 1. The number of carbonyl (C=O) groups is 1. The lowest BCUT2D eigenvalue weighted by atomic mass is 10.0. The van der Waals surface area contributed by atoms with Crippen molar-refractivity contribution in [1.29, 1.82) is 0 Å². The number of H-pyrrole nitrogens is 2. The number of rotatable bonds is 4. The number of aromatic amines is 2. The first-order valence-corrected chi connectivity index (χ1v) is 6.27. The Balaban J connectivity index is 2.36. The highest BCUT2D eigenvalue weighted by atomic mass is 16.2. The van der Waals surface area contributed by atoms with Gasteiger partial charge in [-0.05, 0) is 30.5 Å². The van der Waals surface area contributed by atoms with Gasteiger partial charge in [0.05, 0.1) is 11.0 Å². The van der Waals surface area contributed by atoms with Crippen molar-refractivity contribution >= 4 is 16.8 Å². The molecule has 1 heterocycles. The number of aromatic nitrogens is 2. The summed E-state index contributed by atoms with van der Waals surface area (Å²) >= 11 is 0. The van der Waals surface area contributed by atoms with Gasteiger partial charge in [0, 0.05) is 12.0 Å². The Kier molecular flexibility index (Phi) is 3.64. The summed E-state index contributed by atoms with van der Waals surface area (Å²) in [4.78, 5) is 39.3. The van der Waals surface area contributed by atoms with Crippen LogP contribution in [-0.4, -0.2) is 15.8 Å². The SMILES string of the molecule is CC(C)CCC(=O)c1ccc2[nH]c(=O)c(=O)[nH]c2c1. The smallest absolute Gasteiger partial charge is 0.314 e. The van der Waals surface area contributed by atoms with Gasteiger partial charge in [-0.1, -0.05) is 13.8 Å². The molecule has 0 aliphatic heterocycles. The van der Waals surface area contributed by atoms with E-state index in [2.05, 4.69) is 23.8 Å². The fourth-order valence-electron chi connectivity index (χ4n) is 1.85. The topological polar surface area (TPSA) is 82.8 Å². The number of Topliss-reactive ketones (excluding diaryl/α,β-unsaturated/α-hetero) is 1. The fraction of sp³-hybridized carbons (Fsp3) is 0.357. The normalized spacial score (nSPS) is 11.1. The minimum atomic E-state index is -0.709. The standard InChI is InChI=1S/C14H16N2O3/c1-8(2)3-6-12(17)9-4-5-10-11(7-9)16-14(19)13(18)15-10/h4-5,7-8H,3,6H2,1-2H3,(H,15,18)(H,16,19). The van der Waals surface area contributed by atoms with Gasteiger partial charge >= 0.3 is 11.1 Å². The Morgan fingerprint density at radius 3 is 2.37 bits per heavy atom. The summed E-state index contributed by atoms with van der Waals surface area (Å²) in [5.74, 6) is 0.517. The van der Waals surface area contributed by atoms with E-state index in [0.717, 1.165) is 6.42 Å². The van der Waals surface area contributed by atoms with Crippen molar-refractivity contribution in [2.75, 3.05) is 0 Å². The molecule has 5 heteroatoms. The van der Waals surface area contributed by atoms with Crippen LogP contribution < -0.4 is 11.1 Å². The molecule has 0 amide bonds. The molecule has 19 heavy (non-hydrogen) atoms. The Morgan fingerprint density at radius 2 is 1.74 bits per heavy atom. The zero-order chi connectivity index (χ0) is 14.0. The van der Waals surface area contributed by atoms with Gasteiger partial charge in [-0.3, -0.25) is 14.4 Å². The number of fused-ring (bicyclic) bond motifs is 1. The molecule has 0 aliphatic carbocycles. The molecule has 0 bridgehead atoms. The molecular weight excluding hydrogens is 244 g/mol. The summed E-state index contributed by atoms with van der Waals surface area (Å²) in [5.41, 5.74) is 0.145. The number of hydrogen-bond donors (Lipinski definition) is 2. The average molecular weight is 260 g/mol. The van der Waals surface area contributed by atoms with Gasteiger partial charge in [0.2, 0.25) is 0 Å². The van der Waals surface area contributed by atoms with Crippen LogP contribution in [0.3, 0.4) is 0 Å². The molecule has 2 rings (SSSR count). The van der Waals surface area contributed by atoms with Crippen molar-refractivity contribution in [2.24, 2.45) is 5.92 Å². The third-order valence-corrected chi connectivity index (χ3v) is 2.99. The van der Waals surface area contributed by atoms with Crippen molar-refractivity contribution < 1.29 is 4.79 Å². The first-order valence-electron chi connectivity index (χ1n) is 6.27. The minimum Gasteiger partial charge on any atom is -0.316 e. The van der Waals surface area contributed by atoms with E-state index >= 15 is 0 Å². The van der Waals surface area contributed by atoms with E-state index in [4.69, 9.17) is 0 Å². The summed E-state index contributed by atoms with van der Waals surface area (Å²) in [7, 11) is 0. The van der Waals surface area contributed by atoms with Gasteiger partial charge < -0.3 is 9.97 Å². The first-order chi connectivity index (χ1) is 8.97. The molecule has 0 saturated carbocycles. The summed E-state index contributed by atoms with van der Waals surface area (Å²) in [6.45, 7) is 4.13. The van der Waals surface area contributed by atoms with Gasteiger partial charge in [0.15, 0.2) is 5.78 Å². The first kappa shape index (κ1) is 13.3. The highest BCUT2D eigenvalue weighted by Gasteiger charge is 2.08. The molecule has 1 aromatic heterocycles. The summed E-state index contributed by atoms with van der Waals surface area (Å²) in [6, 6.07) is 4.91. The molecule has 0 unspecified atom stereocenters. The fourth-order valence-corrected chi connectivity index (χ4v) is 1.85. The molecule has 0 fully saturated rings. The van der Waals surface area contributed by atoms with Gasteiger partial charge in [-0.2, -0.15) is 0 Å². The van der Waals surface area contributed by atoms with Crippen LogP contribution in [0.15, 0.2) is 27.8 Å². The zero-order valence-electron chi connectivity index (χ0n) is 10.9. The van der Waals surface area contributed by atoms with Crippen molar-refractivity contribution in [2.45, 2.75) is 26.7 Å². The second kappa shape index (κ2) is 5.22. The van der Waals surface area contributed by atoms with Crippen LogP contribution in [0.5, 0.6) is 0 Å². The van der Waals surface area contributed by atoms with Gasteiger partial charge in [0.25, 0.3) is 0 Å². The summed E-state index contributed by atoms with van der Waals surface area (Å²) in [5, 5.41) is 0. The van der Waals surface area contributed by atoms with Crippen LogP contribution in [0, 0.1) is 5.92 Å². The summed E-state index contributed by atoms with van der Waals surface area (Å²) < 4.78 is 0. The number of ketones is 1. The predicted octanol–water partition coefficient (Wildman–Crippen LogP) is 1.84. The zero-order valence-corrected chi connectivity index (χ0v) is 10.9. The second-order valence-corrected chi connectivity index (χ2v) is 5.02. The number of carbonyl (C=O) groups excluding carboxylic acids is 1. The highest BCUT2D eigenvalue weighted by Crippen LogP contribution is 2.13. The predicted molar refractivity (Wildman–Crippen MR) is 73.6 cm³/mol. The number of hydrogen-bond acceptors (Lipinski definition) is 3. The van der Waals surface area contributed by atoms with Crippen molar-refractivity contribution in [3.05, 3.63) is 44.5 Å². The highest BCUT2D eigenvalue weighted by molar-refractivity contribution is 5.98. The third kappa shape index (κ3) is 2.99. The molecule has 2 aromatic rings. The van der Waals surface area contributed by atoms with Gasteiger partial charge in [0.1, 0.15) is 0 Å². The van der Waals surface area contributed by atoms with Crippen LogP contribution >= 0.6 is 0 Å². The molecule has 100 valence electrons. The van der Waals surface area contributed by atoms with Gasteiger partial charge in [-0.15, -0.1) is 0 Å². The van der Waals surface area contributed by atoms with Crippen molar-refractivity contribution in [3.63, 3.8) is 0 Å². The Morgan fingerprint density at radius 1 is 1.11 bits per heavy atom. The Bertz CT molecular complexity index is 725. The van der Waals surface area contributed by atoms with Crippen LogP contribution in [0.4, 0.5) is 0 Å². The van der Waals surface area contributed by atoms with E-state index in [1.165, 1.54) is 0 Å². The van der Waals surface area contributed by atoms with Crippen molar-refractivity contribution in [1.82, 2.24) is 9.97 Å². The van der Waals surface area contributed by atoms with E-state index in [-0.39, 0.29) is 5.78 Å². The molecule has 5 nitrogen and oxygen atoms in total. The lowest BCUT2D eigenvalue weighted by Gasteiger charge is -2.05. The van der Waals surface area contributed by atoms with Crippen molar-refractivity contribution in [3.8, 4) is 0 Å². The largest absolute Gasteiger partial charge is 0.316 e. The second-order valence-electron chi connectivity index (χ2n) is 5.02. The van der Waals surface area contributed by atoms with E-state index < -0.39 is 11.1 Å². The average Bonchev–Trinajstić information content (AvgIpc) is 2.36. The van der Waals surface area contributed by atoms with E-state index in [9.17, 15) is 14.4 Å². The van der Waals surface area contributed by atoms with Crippen LogP contribution in [0.2, 0.25) is 0 Å². The monoisotopic (exact) mass is 260 g/mol. The van der Waals surface area contributed by atoms with Gasteiger partial charge in [-0.25, -0.2) is 0 Å². The maximum Gasteiger partial charge on any atom is 0.314 e. The van der Waals surface area contributed by atoms with Crippen LogP contribution in [0.25, 0.3) is 11.0 Å². The quantitative estimate of drug-likeness (QED) is 0.650. The lowest BCUT2D eigenvalue weighted by Crippen LogP contribution is -2.28. The molecule has 0 radical (unpaired) electrons.